The van der Waals surface area contributed by atoms with Crippen LogP contribution < -0.4 is 5.32 Å². The van der Waals surface area contributed by atoms with E-state index in [9.17, 15) is 14.4 Å². The van der Waals surface area contributed by atoms with E-state index in [1.54, 1.807) is 0 Å². The Kier molecular flexibility index (Phi) is 6.70. The van der Waals surface area contributed by atoms with Crippen molar-refractivity contribution in [2.75, 3.05) is 13.2 Å². The van der Waals surface area contributed by atoms with Crippen LogP contribution in [0.15, 0.2) is 30.3 Å². The Bertz CT molecular complexity index is 706. The normalized spacial score (nSPS) is 27.5. The van der Waals surface area contributed by atoms with Crippen LogP contribution >= 0.6 is 0 Å². The molecule has 28 heavy (non-hydrogen) atoms. The molecule has 1 aliphatic carbocycles. The van der Waals surface area contributed by atoms with Gasteiger partial charge in [0.05, 0.1) is 5.92 Å². The van der Waals surface area contributed by atoms with E-state index in [0.29, 0.717) is 24.9 Å². The van der Waals surface area contributed by atoms with Gasteiger partial charge in [-0.25, -0.2) is 0 Å². The first-order valence-corrected chi connectivity index (χ1v) is 10.2. The zero-order valence-corrected chi connectivity index (χ0v) is 16.7. The Labute approximate surface area is 166 Å². The number of benzene rings is 1. The molecular weight excluding hydrogens is 356 g/mol. The van der Waals surface area contributed by atoms with Gasteiger partial charge in [-0.15, -0.1) is 0 Å². The van der Waals surface area contributed by atoms with Crippen molar-refractivity contribution >= 4 is 17.8 Å². The van der Waals surface area contributed by atoms with Crippen LogP contribution in [0.3, 0.4) is 0 Å². The smallest absolute Gasteiger partial charge is 0.311 e. The standard InChI is InChI=1S/C22H30N2O4/c1-15-7-6-10-19(16(15)2)24-13-18(11-21(24)26)22(27)28-14-20(25)23-12-17-8-4-3-5-9-17/h3-5,8-9,15-16,18-19H,6-7,10-14H2,1-2H3,(H,23,25)/t15-,16-,18-,19+/m1/s1. The second kappa shape index (κ2) is 9.22. The molecular formula is C22H30N2O4. The summed E-state index contributed by atoms with van der Waals surface area (Å²) in [5, 5.41) is 2.73. The van der Waals surface area contributed by atoms with Gasteiger partial charge in [-0.05, 0) is 23.8 Å². The van der Waals surface area contributed by atoms with Crippen LogP contribution in [0.2, 0.25) is 0 Å². The number of nitrogens with zero attached hydrogens (tertiary/aromatic N) is 1. The van der Waals surface area contributed by atoms with Crippen molar-refractivity contribution in [3.05, 3.63) is 35.9 Å². The molecule has 3 rings (SSSR count). The van der Waals surface area contributed by atoms with Gasteiger partial charge in [-0.3, -0.25) is 14.4 Å². The quantitative estimate of drug-likeness (QED) is 0.763. The highest BCUT2D eigenvalue weighted by atomic mass is 16.5. The summed E-state index contributed by atoms with van der Waals surface area (Å²) in [6.45, 7) is 4.92. The van der Waals surface area contributed by atoms with Crippen LogP contribution in [0, 0.1) is 17.8 Å². The summed E-state index contributed by atoms with van der Waals surface area (Å²) in [5.41, 5.74) is 0.982. The number of hydrogen-bond donors (Lipinski definition) is 1. The van der Waals surface area contributed by atoms with Gasteiger partial charge in [0.1, 0.15) is 0 Å². The molecule has 0 unspecified atom stereocenters. The SMILES string of the molecule is C[C@@H]1[C@H](C)CCC[C@@H]1N1C[C@H](C(=O)OCC(=O)NCc2ccccc2)CC1=O. The molecule has 0 radical (unpaired) electrons. The summed E-state index contributed by atoms with van der Waals surface area (Å²) in [6, 6.07) is 9.75. The number of hydrogen-bond acceptors (Lipinski definition) is 4. The van der Waals surface area contributed by atoms with E-state index >= 15 is 0 Å². The van der Waals surface area contributed by atoms with Gasteiger partial charge in [-0.2, -0.15) is 0 Å². The van der Waals surface area contributed by atoms with Gasteiger partial charge < -0.3 is 15.0 Å². The summed E-state index contributed by atoms with van der Waals surface area (Å²) in [7, 11) is 0. The topological polar surface area (TPSA) is 75.7 Å². The summed E-state index contributed by atoms with van der Waals surface area (Å²) >= 11 is 0. The minimum absolute atomic E-state index is 0.0291. The van der Waals surface area contributed by atoms with Crippen LogP contribution in [0.4, 0.5) is 0 Å². The molecule has 0 bridgehead atoms. The number of rotatable bonds is 6. The summed E-state index contributed by atoms with van der Waals surface area (Å²) in [6.07, 6.45) is 3.50. The van der Waals surface area contributed by atoms with Gasteiger partial charge in [0.15, 0.2) is 6.61 Å². The fourth-order valence-corrected chi connectivity index (χ4v) is 4.31. The molecule has 0 spiro atoms. The maximum atomic E-state index is 12.5. The Morgan fingerprint density at radius 3 is 2.68 bits per heavy atom. The lowest BCUT2D eigenvalue weighted by Crippen LogP contribution is -2.45. The maximum absolute atomic E-state index is 12.5. The van der Waals surface area contributed by atoms with Crippen LogP contribution in [0.1, 0.15) is 45.1 Å². The van der Waals surface area contributed by atoms with E-state index in [-0.39, 0.29) is 30.9 Å². The van der Waals surface area contributed by atoms with Crippen molar-refractivity contribution in [1.82, 2.24) is 10.2 Å². The van der Waals surface area contributed by atoms with Crippen molar-refractivity contribution < 1.29 is 19.1 Å². The first-order valence-electron chi connectivity index (χ1n) is 10.2. The predicted molar refractivity (Wildman–Crippen MR) is 105 cm³/mol. The summed E-state index contributed by atoms with van der Waals surface area (Å²) < 4.78 is 5.18. The first-order chi connectivity index (χ1) is 13.5. The molecule has 1 saturated heterocycles. The largest absolute Gasteiger partial charge is 0.455 e. The van der Waals surface area contributed by atoms with Gasteiger partial charge in [-0.1, -0.05) is 57.0 Å². The molecule has 2 amide bonds. The van der Waals surface area contributed by atoms with Crippen molar-refractivity contribution in [2.45, 2.75) is 52.1 Å². The molecule has 0 aromatic heterocycles. The minimum atomic E-state index is -0.473. The summed E-state index contributed by atoms with van der Waals surface area (Å²) in [5.74, 6) is -0.210. The highest BCUT2D eigenvalue weighted by molar-refractivity contribution is 5.88. The molecule has 1 aromatic rings. The number of amides is 2. The van der Waals surface area contributed by atoms with Gasteiger partial charge in [0.2, 0.25) is 5.91 Å². The lowest BCUT2D eigenvalue weighted by atomic mass is 9.77. The maximum Gasteiger partial charge on any atom is 0.311 e. The number of carbonyl (C=O) groups excluding carboxylic acids is 3. The Morgan fingerprint density at radius 1 is 1.18 bits per heavy atom. The van der Waals surface area contributed by atoms with E-state index < -0.39 is 11.9 Å². The Hall–Kier alpha value is -2.37. The van der Waals surface area contributed by atoms with Crippen LogP contribution in [0.25, 0.3) is 0 Å². The van der Waals surface area contributed by atoms with Crippen molar-refractivity contribution in [1.29, 1.82) is 0 Å². The van der Waals surface area contributed by atoms with Gasteiger partial charge >= 0.3 is 5.97 Å². The van der Waals surface area contributed by atoms with Gasteiger partial charge in [0.25, 0.3) is 5.91 Å². The molecule has 2 fully saturated rings. The Morgan fingerprint density at radius 2 is 1.93 bits per heavy atom. The summed E-state index contributed by atoms with van der Waals surface area (Å²) in [4.78, 5) is 38.6. The average Bonchev–Trinajstić information content (AvgIpc) is 3.09. The van der Waals surface area contributed by atoms with Crippen LogP contribution in [-0.2, 0) is 25.7 Å². The number of ether oxygens (including phenoxy) is 1. The van der Waals surface area contributed by atoms with E-state index in [1.807, 2.05) is 35.2 Å². The second-order valence-corrected chi connectivity index (χ2v) is 8.15. The molecule has 1 aromatic carbocycles. The van der Waals surface area contributed by atoms with E-state index in [1.165, 1.54) is 6.42 Å². The zero-order chi connectivity index (χ0) is 20.1. The van der Waals surface area contributed by atoms with Crippen molar-refractivity contribution in [3.63, 3.8) is 0 Å². The van der Waals surface area contributed by atoms with Crippen LogP contribution in [0.5, 0.6) is 0 Å². The Balaban J connectivity index is 1.44. The predicted octanol–water partition coefficient (Wildman–Crippen LogP) is 2.52. The lowest BCUT2D eigenvalue weighted by Gasteiger charge is -2.39. The molecule has 6 heteroatoms. The number of nitrogens with one attached hydrogen (secondary N) is 1. The fraction of sp³-hybridized carbons (Fsp3) is 0.591. The fourth-order valence-electron chi connectivity index (χ4n) is 4.31. The third-order valence-corrected chi connectivity index (χ3v) is 6.23. The molecule has 152 valence electrons. The minimum Gasteiger partial charge on any atom is -0.455 e. The van der Waals surface area contributed by atoms with Crippen molar-refractivity contribution in [2.24, 2.45) is 17.8 Å². The third-order valence-electron chi connectivity index (χ3n) is 6.23. The van der Waals surface area contributed by atoms with Crippen LogP contribution in [-0.4, -0.2) is 41.9 Å². The highest BCUT2D eigenvalue weighted by Gasteiger charge is 2.42. The average molecular weight is 386 g/mol. The van der Waals surface area contributed by atoms with Crippen molar-refractivity contribution in [3.8, 4) is 0 Å². The molecule has 1 saturated carbocycles. The highest BCUT2D eigenvalue weighted by Crippen LogP contribution is 2.35. The number of carbonyl (C=O) groups is 3. The third kappa shape index (κ3) is 4.91. The molecule has 1 N–H and O–H groups in total. The van der Waals surface area contributed by atoms with E-state index in [0.717, 1.165) is 18.4 Å². The monoisotopic (exact) mass is 386 g/mol. The molecule has 1 aliphatic heterocycles. The molecule has 4 atom stereocenters. The molecule has 2 aliphatic rings. The lowest BCUT2D eigenvalue weighted by molar-refractivity contribution is -0.152. The zero-order valence-electron chi connectivity index (χ0n) is 16.7. The number of likely N-dealkylation sites (tertiary alicyclic amines) is 1. The number of esters is 1. The molecule has 6 nitrogen and oxygen atoms in total. The molecule has 1 heterocycles. The second-order valence-electron chi connectivity index (χ2n) is 8.15. The van der Waals surface area contributed by atoms with E-state index in [2.05, 4.69) is 19.2 Å². The van der Waals surface area contributed by atoms with Gasteiger partial charge in [0, 0.05) is 25.6 Å². The van der Waals surface area contributed by atoms with E-state index in [4.69, 9.17) is 4.74 Å². The first kappa shape index (κ1) is 20.4.